The minimum Gasteiger partial charge on any atom is -0.491 e. The van der Waals surface area contributed by atoms with E-state index < -0.39 is 29.3 Å². The molecule has 2 rings (SSSR count). The number of alkyl halides is 4. The topological polar surface area (TPSA) is 38.3 Å². The number of benzene rings is 1. The maximum absolute atomic E-state index is 12.5. The van der Waals surface area contributed by atoms with E-state index in [1.807, 2.05) is 13.8 Å². The van der Waals surface area contributed by atoms with Crippen molar-refractivity contribution in [2.75, 3.05) is 5.32 Å². The highest BCUT2D eigenvalue weighted by Gasteiger charge is 2.70. The highest BCUT2D eigenvalue weighted by Crippen LogP contribution is 2.58. The molecular weight excluding hydrogens is 307 g/mol. The number of rotatable bonds is 4. The van der Waals surface area contributed by atoms with Crippen molar-refractivity contribution in [2.45, 2.75) is 37.4 Å². The van der Waals surface area contributed by atoms with Crippen molar-refractivity contribution in [1.82, 2.24) is 0 Å². The van der Waals surface area contributed by atoms with E-state index in [9.17, 15) is 18.0 Å². The first-order valence-electron chi connectivity index (χ1n) is 6.47. The van der Waals surface area contributed by atoms with Gasteiger partial charge in [-0.3, -0.25) is 4.79 Å². The summed E-state index contributed by atoms with van der Waals surface area (Å²) in [6.45, 7) is 3.74. The Bertz CT molecular complexity index is 530. The van der Waals surface area contributed by atoms with Crippen molar-refractivity contribution in [3.8, 4) is 5.75 Å². The average Bonchev–Trinajstić information content (AvgIpc) is 3.05. The Morgan fingerprint density at radius 3 is 2.38 bits per heavy atom. The van der Waals surface area contributed by atoms with Crippen LogP contribution in [0.4, 0.5) is 18.9 Å². The minimum absolute atomic E-state index is 0.00978. The molecule has 1 saturated carbocycles. The summed E-state index contributed by atoms with van der Waals surface area (Å²) in [4.78, 5) is 9.96. The number of nitrogens with one attached hydrogen (secondary N) is 1. The van der Waals surface area contributed by atoms with Crippen LogP contribution in [0, 0.1) is 5.92 Å². The van der Waals surface area contributed by atoms with Crippen molar-refractivity contribution in [1.29, 1.82) is 0 Å². The van der Waals surface area contributed by atoms with Crippen LogP contribution in [0.1, 0.15) is 20.3 Å². The van der Waals surface area contributed by atoms with Crippen molar-refractivity contribution in [2.24, 2.45) is 5.92 Å². The number of anilines is 1. The van der Waals surface area contributed by atoms with Gasteiger partial charge in [0.2, 0.25) is 5.91 Å². The van der Waals surface area contributed by atoms with Gasteiger partial charge in [-0.05, 0) is 44.5 Å². The molecule has 1 fully saturated rings. The van der Waals surface area contributed by atoms with Crippen LogP contribution in [0.5, 0.6) is 5.75 Å². The fraction of sp³-hybridized carbons (Fsp3) is 0.500. The molecule has 0 aromatic heterocycles. The molecule has 3 nitrogen and oxygen atoms in total. The van der Waals surface area contributed by atoms with Gasteiger partial charge >= 0.3 is 6.18 Å². The van der Waals surface area contributed by atoms with E-state index in [2.05, 4.69) is 5.32 Å². The minimum atomic E-state index is -4.45. The van der Waals surface area contributed by atoms with Crippen LogP contribution in [0.2, 0.25) is 0 Å². The Labute approximate surface area is 125 Å². The van der Waals surface area contributed by atoms with Crippen molar-refractivity contribution in [3.63, 3.8) is 0 Å². The lowest BCUT2D eigenvalue weighted by molar-refractivity contribution is -0.152. The zero-order valence-corrected chi connectivity index (χ0v) is 12.3. The molecule has 0 heterocycles. The predicted octanol–water partition coefficient (Wildman–Crippen LogP) is 3.97. The zero-order valence-electron chi connectivity index (χ0n) is 11.5. The molecule has 0 radical (unpaired) electrons. The van der Waals surface area contributed by atoms with Crippen LogP contribution >= 0.6 is 11.6 Å². The molecule has 1 aromatic carbocycles. The number of hydrogen-bond acceptors (Lipinski definition) is 2. The third-order valence-corrected chi connectivity index (χ3v) is 3.74. The van der Waals surface area contributed by atoms with E-state index in [4.69, 9.17) is 16.3 Å². The van der Waals surface area contributed by atoms with Gasteiger partial charge in [-0.1, -0.05) is 0 Å². The first kappa shape index (κ1) is 15.9. The summed E-state index contributed by atoms with van der Waals surface area (Å²) in [5.41, 5.74) is 0.379. The smallest absolute Gasteiger partial charge is 0.394 e. The molecule has 0 bridgehead atoms. The quantitative estimate of drug-likeness (QED) is 0.852. The SMILES string of the molecule is CC(C)Oc1ccc(NC(=O)C2(Cl)CC2C(F)(F)F)cc1. The van der Waals surface area contributed by atoms with Gasteiger partial charge in [-0.25, -0.2) is 0 Å². The molecule has 1 aromatic rings. The van der Waals surface area contributed by atoms with Gasteiger partial charge < -0.3 is 10.1 Å². The molecule has 0 aliphatic heterocycles. The molecule has 2 unspecified atom stereocenters. The van der Waals surface area contributed by atoms with Gasteiger partial charge in [0.15, 0.2) is 0 Å². The Morgan fingerprint density at radius 1 is 1.38 bits per heavy atom. The van der Waals surface area contributed by atoms with Crippen molar-refractivity contribution >= 4 is 23.2 Å². The number of amides is 1. The second-order valence-corrected chi connectivity index (χ2v) is 5.98. The Morgan fingerprint density at radius 2 is 1.95 bits per heavy atom. The second-order valence-electron chi connectivity index (χ2n) is 5.31. The van der Waals surface area contributed by atoms with Crippen LogP contribution in [-0.2, 0) is 4.79 Å². The predicted molar refractivity (Wildman–Crippen MR) is 73.6 cm³/mol. The number of carbonyl (C=O) groups excluding carboxylic acids is 1. The van der Waals surface area contributed by atoms with Gasteiger partial charge in [-0.2, -0.15) is 13.2 Å². The van der Waals surface area contributed by atoms with Gasteiger partial charge in [0.25, 0.3) is 0 Å². The molecular formula is C14H15ClF3NO2. The first-order valence-corrected chi connectivity index (χ1v) is 6.84. The van der Waals surface area contributed by atoms with E-state index in [1.54, 1.807) is 24.3 Å². The van der Waals surface area contributed by atoms with Gasteiger partial charge in [-0.15, -0.1) is 11.6 Å². The molecule has 0 spiro atoms. The number of hydrogen-bond donors (Lipinski definition) is 1. The van der Waals surface area contributed by atoms with Crippen LogP contribution in [0.3, 0.4) is 0 Å². The summed E-state index contributed by atoms with van der Waals surface area (Å²) < 4.78 is 43.0. The lowest BCUT2D eigenvalue weighted by Gasteiger charge is -2.13. The lowest BCUT2D eigenvalue weighted by atomic mass is 10.2. The van der Waals surface area contributed by atoms with E-state index in [0.717, 1.165) is 0 Å². The monoisotopic (exact) mass is 321 g/mol. The van der Waals surface area contributed by atoms with E-state index in [1.165, 1.54) is 0 Å². The van der Waals surface area contributed by atoms with Gasteiger partial charge in [0.1, 0.15) is 10.6 Å². The highest BCUT2D eigenvalue weighted by molar-refractivity contribution is 6.39. The average molecular weight is 322 g/mol. The maximum Gasteiger partial charge on any atom is 0.394 e. The Kier molecular flexibility index (Phi) is 4.10. The molecule has 116 valence electrons. The fourth-order valence-corrected chi connectivity index (χ4v) is 2.31. The maximum atomic E-state index is 12.5. The summed E-state index contributed by atoms with van der Waals surface area (Å²) in [6, 6.07) is 6.37. The molecule has 1 N–H and O–H groups in total. The van der Waals surface area contributed by atoms with Crippen molar-refractivity contribution in [3.05, 3.63) is 24.3 Å². The molecule has 0 saturated heterocycles. The third-order valence-electron chi connectivity index (χ3n) is 3.15. The summed E-state index contributed by atoms with van der Waals surface area (Å²) in [6.07, 6.45) is -4.83. The summed E-state index contributed by atoms with van der Waals surface area (Å²) in [5, 5.41) is 2.40. The first-order chi connectivity index (χ1) is 9.63. The Balaban J connectivity index is 1.98. The van der Waals surface area contributed by atoms with Crippen LogP contribution in [0.25, 0.3) is 0 Å². The normalized spacial score (nSPS) is 24.8. The standard InChI is InChI=1S/C14H15ClF3NO2/c1-8(2)21-10-5-3-9(4-6-10)19-12(20)13(15)7-11(13)14(16,17)18/h3-6,8,11H,7H2,1-2H3,(H,19,20). The van der Waals surface area contributed by atoms with Crippen LogP contribution < -0.4 is 10.1 Å². The fourth-order valence-electron chi connectivity index (χ4n) is 1.99. The van der Waals surface area contributed by atoms with Crippen LogP contribution in [0.15, 0.2) is 24.3 Å². The lowest BCUT2D eigenvalue weighted by Crippen LogP contribution is -2.30. The third kappa shape index (κ3) is 3.61. The summed E-state index contributed by atoms with van der Waals surface area (Å²) >= 11 is 5.74. The molecule has 21 heavy (non-hydrogen) atoms. The molecule has 7 heteroatoms. The molecule has 2 atom stereocenters. The number of ether oxygens (including phenoxy) is 1. The number of carbonyl (C=O) groups is 1. The van der Waals surface area contributed by atoms with E-state index >= 15 is 0 Å². The van der Waals surface area contributed by atoms with Crippen LogP contribution in [-0.4, -0.2) is 23.1 Å². The zero-order chi connectivity index (χ0) is 15.8. The highest BCUT2D eigenvalue weighted by atomic mass is 35.5. The van der Waals surface area contributed by atoms with E-state index in [-0.39, 0.29) is 6.10 Å². The van der Waals surface area contributed by atoms with Crippen molar-refractivity contribution < 1.29 is 22.7 Å². The Hall–Kier alpha value is -1.43. The molecule has 1 amide bonds. The largest absolute Gasteiger partial charge is 0.491 e. The summed E-state index contributed by atoms with van der Waals surface area (Å²) in [5.74, 6) is -2.00. The number of halogens is 4. The van der Waals surface area contributed by atoms with Gasteiger partial charge in [0.05, 0.1) is 12.0 Å². The van der Waals surface area contributed by atoms with E-state index in [0.29, 0.717) is 11.4 Å². The summed E-state index contributed by atoms with van der Waals surface area (Å²) in [7, 11) is 0. The van der Waals surface area contributed by atoms with Gasteiger partial charge in [0, 0.05) is 5.69 Å². The molecule has 1 aliphatic carbocycles. The molecule has 1 aliphatic rings. The second kappa shape index (κ2) is 5.40.